The molecule has 0 unspecified atom stereocenters. The van der Waals surface area contributed by atoms with Gasteiger partial charge in [0.15, 0.2) is 0 Å². The summed E-state index contributed by atoms with van der Waals surface area (Å²) < 4.78 is 12.9. The summed E-state index contributed by atoms with van der Waals surface area (Å²) in [5.74, 6) is -0.0210. The van der Waals surface area contributed by atoms with Crippen molar-refractivity contribution in [3.63, 3.8) is 0 Å². The SMILES string of the molecule is O=C(C1=CCCC1)N1CCC[C@H](Nc2ccc(F)cc2)C1. The van der Waals surface area contributed by atoms with Crippen LogP contribution >= 0.6 is 0 Å². The number of piperidine rings is 1. The maximum absolute atomic E-state index is 12.9. The summed E-state index contributed by atoms with van der Waals surface area (Å²) >= 11 is 0. The Morgan fingerprint density at radius 2 is 2.05 bits per heavy atom. The van der Waals surface area contributed by atoms with Gasteiger partial charge < -0.3 is 10.2 Å². The Labute approximate surface area is 124 Å². The predicted octanol–water partition coefficient (Wildman–Crippen LogP) is 3.34. The normalized spacial score (nSPS) is 22.0. The summed E-state index contributed by atoms with van der Waals surface area (Å²) in [4.78, 5) is 14.4. The second kappa shape index (κ2) is 6.29. The Bertz CT molecular complexity index is 538. The van der Waals surface area contributed by atoms with E-state index in [1.807, 2.05) is 4.90 Å². The fourth-order valence-corrected chi connectivity index (χ4v) is 3.13. The number of hydrogen-bond acceptors (Lipinski definition) is 2. The molecule has 0 aromatic heterocycles. The number of amides is 1. The number of hydrogen-bond donors (Lipinski definition) is 1. The number of halogens is 1. The Hall–Kier alpha value is -1.84. The van der Waals surface area contributed by atoms with Crippen LogP contribution in [0.4, 0.5) is 10.1 Å². The molecule has 4 heteroatoms. The minimum atomic E-state index is -0.228. The minimum Gasteiger partial charge on any atom is -0.381 e. The van der Waals surface area contributed by atoms with Crippen LogP contribution in [0.2, 0.25) is 0 Å². The number of likely N-dealkylation sites (tertiary alicyclic amines) is 1. The second-order valence-corrected chi connectivity index (χ2v) is 5.86. The second-order valence-electron chi connectivity index (χ2n) is 5.86. The van der Waals surface area contributed by atoms with Crippen LogP contribution in [-0.2, 0) is 4.79 Å². The van der Waals surface area contributed by atoms with Crippen molar-refractivity contribution in [3.8, 4) is 0 Å². The van der Waals surface area contributed by atoms with Crippen LogP contribution in [0.3, 0.4) is 0 Å². The quantitative estimate of drug-likeness (QED) is 0.925. The highest BCUT2D eigenvalue weighted by Crippen LogP contribution is 2.23. The molecule has 0 saturated carbocycles. The molecular weight excluding hydrogens is 267 g/mol. The Morgan fingerprint density at radius 3 is 2.76 bits per heavy atom. The van der Waals surface area contributed by atoms with Crippen LogP contribution in [-0.4, -0.2) is 29.9 Å². The lowest BCUT2D eigenvalue weighted by molar-refractivity contribution is -0.128. The molecule has 1 aromatic carbocycles. The number of benzene rings is 1. The number of nitrogens with zero attached hydrogens (tertiary/aromatic N) is 1. The number of rotatable bonds is 3. The van der Waals surface area contributed by atoms with E-state index in [0.29, 0.717) is 0 Å². The van der Waals surface area contributed by atoms with E-state index < -0.39 is 0 Å². The largest absolute Gasteiger partial charge is 0.381 e. The molecule has 2 aliphatic rings. The summed E-state index contributed by atoms with van der Waals surface area (Å²) in [7, 11) is 0. The molecule has 0 bridgehead atoms. The van der Waals surface area contributed by atoms with Crippen molar-refractivity contribution in [1.82, 2.24) is 4.90 Å². The topological polar surface area (TPSA) is 32.3 Å². The van der Waals surface area contributed by atoms with E-state index in [0.717, 1.165) is 56.5 Å². The van der Waals surface area contributed by atoms with Gasteiger partial charge in [0.25, 0.3) is 0 Å². The van der Waals surface area contributed by atoms with Gasteiger partial charge in [-0.25, -0.2) is 4.39 Å². The summed E-state index contributed by atoms with van der Waals surface area (Å²) in [6.07, 6.45) is 7.20. The fourth-order valence-electron chi connectivity index (χ4n) is 3.13. The molecule has 21 heavy (non-hydrogen) atoms. The van der Waals surface area contributed by atoms with Gasteiger partial charge in [-0.1, -0.05) is 6.08 Å². The third-order valence-corrected chi connectivity index (χ3v) is 4.24. The summed E-state index contributed by atoms with van der Waals surface area (Å²) in [5, 5.41) is 3.40. The van der Waals surface area contributed by atoms with Crippen molar-refractivity contribution in [1.29, 1.82) is 0 Å². The molecule has 1 atom stereocenters. The zero-order chi connectivity index (χ0) is 14.7. The molecule has 3 nitrogen and oxygen atoms in total. The summed E-state index contributed by atoms with van der Waals surface area (Å²) in [6.45, 7) is 1.57. The number of anilines is 1. The van der Waals surface area contributed by atoms with E-state index >= 15 is 0 Å². The van der Waals surface area contributed by atoms with Gasteiger partial charge >= 0.3 is 0 Å². The van der Waals surface area contributed by atoms with E-state index in [1.165, 1.54) is 12.1 Å². The molecule has 1 heterocycles. The highest BCUT2D eigenvalue weighted by atomic mass is 19.1. The van der Waals surface area contributed by atoms with Crippen molar-refractivity contribution in [2.45, 2.75) is 38.1 Å². The maximum Gasteiger partial charge on any atom is 0.249 e. The monoisotopic (exact) mass is 288 g/mol. The average molecular weight is 288 g/mol. The first-order chi connectivity index (χ1) is 10.2. The third-order valence-electron chi connectivity index (χ3n) is 4.24. The molecule has 1 amide bonds. The molecule has 3 rings (SSSR count). The Kier molecular flexibility index (Phi) is 4.23. The average Bonchev–Trinajstić information content (AvgIpc) is 3.03. The number of carbonyl (C=O) groups is 1. The van der Waals surface area contributed by atoms with Crippen molar-refractivity contribution < 1.29 is 9.18 Å². The van der Waals surface area contributed by atoms with Gasteiger partial charge in [0.1, 0.15) is 5.82 Å². The van der Waals surface area contributed by atoms with E-state index in [2.05, 4.69) is 11.4 Å². The third kappa shape index (κ3) is 3.43. The van der Waals surface area contributed by atoms with Crippen LogP contribution in [0.5, 0.6) is 0 Å². The first-order valence-corrected chi connectivity index (χ1v) is 7.73. The molecule has 1 fully saturated rings. The van der Waals surface area contributed by atoms with Crippen LogP contribution < -0.4 is 5.32 Å². The van der Waals surface area contributed by atoms with Crippen LogP contribution in [0.15, 0.2) is 35.9 Å². The van der Waals surface area contributed by atoms with E-state index in [-0.39, 0.29) is 17.8 Å². The lowest BCUT2D eigenvalue weighted by atomic mass is 10.0. The Morgan fingerprint density at radius 1 is 1.24 bits per heavy atom. The first-order valence-electron chi connectivity index (χ1n) is 7.73. The molecule has 1 aliphatic heterocycles. The minimum absolute atomic E-state index is 0.207. The van der Waals surface area contributed by atoms with Crippen molar-refractivity contribution in [3.05, 3.63) is 41.7 Å². The van der Waals surface area contributed by atoms with Crippen molar-refractivity contribution >= 4 is 11.6 Å². The van der Waals surface area contributed by atoms with Gasteiger partial charge in [0, 0.05) is 30.4 Å². The standard InChI is InChI=1S/C17H21FN2O/c18-14-7-9-15(10-8-14)19-16-6-3-11-20(12-16)17(21)13-4-1-2-5-13/h4,7-10,16,19H,1-3,5-6,11-12H2/t16-/m0/s1. The van der Waals surface area contributed by atoms with Gasteiger partial charge in [0.05, 0.1) is 0 Å². The van der Waals surface area contributed by atoms with Crippen LogP contribution in [0.25, 0.3) is 0 Å². The molecule has 1 N–H and O–H groups in total. The van der Waals surface area contributed by atoms with Gasteiger partial charge in [-0.15, -0.1) is 0 Å². The lowest BCUT2D eigenvalue weighted by Gasteiger charge is -2.34. The molecule has 0 spiro atoms. The highest BCUT2D eigenvalue weighted by Gasteiger charge is 2.26. The molecule has 1 aliphatic carbocycles. The van der Waals surface area contributed by atoms with E-state index in [9.17, 15) is 9.18 Å². The number of allylic oxidation sites excluding steroid dienone is 1. The Balaban J connectivity index is 1.60. The van der Waals surface area contributed by atoms with E-state index in [4.69, 9.17) is 0 Å². The van der Waals surface area contributed by atoms with Crippen LogP contribution in [0, 0.1) is 5.82 Å². The highest BCUT2D eigenvalue weighted by molar-refractivity contribution is 5.93. The predicted molar refractivity (Wildman–Crippen MR) is 81.6 cm³/mol. The van der Waals surface area contributed by atoms with Gasteiger partial charge in [-0.3, -0.25) is 4.79 Å². The van der Waals surface area contributed by atoms with Gasteiger partial charge in [-0.2, -0.15) is 0 Å². The zero-order valence-corrected chi connectivity index (χ0v) is 12.1. The smallest absolute Gasteiger partial charge is 0.249 e. The summed E-state index contributed by atoms with van der Waals surface area (Å²) in [5.41, 5.74) is 1.90. The van der Waals surface area contributed by atoms with Crippen LogP contribution in [0.1, 0.15) is 32.1 Å². The fraction of sp³-hybridized carbons (Fsp3) is 0.471. The molecule has 1 saturated heterocycles. The van der Waals surface area contributed by atoms with Gasteiger partial charge in [-0.05, 0) is 56.4 Å². The summed E-state index contributed by atoms with van der Waals surface area (Å²) in [6, 6.07) is 6.65. The molecule has 0 radical (unpaired) electrons. The first kappa shape index (κ1) is 14.1. The zero-order valence-electron chi connectivity index (χ0n) is 12.1. The van der Waals surface area contributed by atoms with E-state index in [1.54, 1.807) is 12.1 Å². The van der Waals surface area contributed by atoms with Gasteiger partial charge in [0.2, 0.25) is 5.91 Å². The van der Waals surface area contributed by atoms with Crippen molar-refractivity contribution in [2.75, 3.05) is 18.4 Å². The van der Waals surface area contributed by atoms with Crippen molar-refractivity contribution in [2.24, 2.45) is 0 Å². The maximum atomic E-state index is 12.9. The molecular formula is C17H21FN2O. The molecule has 1 aromatic rings. The lowest BCUT2D eigenvalue weighted by Crippen LogP contribution is -2.45. The molecule has 112 valence electrons. The number of nitrogens with one attached hydrogen (secondary N) is 1. The number of carbonyl (C=O) groups excluding carboxylic acids is 1.